The number of piperazine rings is 1. The molecule has 2 amide bonds. The third-order valence-electron chi connectivity index (χ3n) is 6.29. The van der Waals surface area contributed by atoms with E-state index in [1.54, 1.807) is 18.1 Å². The highest BCUT2D eigenvalue weighted by atomic mass is 19.4. The molecule has 1 saturated heterocycles. The molecule has 0 bridgehead atoms. The smallest absolute Gasteiger partial charge is 0.385 e. The van der Waals surface area contributed by atoms with Gasteiger partial charge in [-0.25, -0.2) is 4.68 Å². The predicted molar refractivity (Wildman–Crippen MR) is 122 cm³/mol. The summed E-state index contributed by atoms with van der Waals surface area (Å²) in [5, 5.41) is 7.17. The van der Waals surface area contributed by atoms with E-state index in [-0.39, 0.29) is 24.3 Å². The second kappa shape index (κ2) is 10.8. The molecule has 4 rings (SSSR count). The molecule has 8 nitrogen and oxygen atoms in total. The maximum atomic E-state index is 13.3. The summed E-state index contributed by atoms with van der Waals surface area (Å²) >= 11 is 0. The van der Waals surface area contributed by atoms with E-state index in [1.165, 1.54) is 16.9 Å². The van der Waals surface area contributed by atoms with E-state index >= 15 is 0 Å². The summed E-state index contributed by atoms with van der Waals surface area (Å²) < 4.78 is 46.1. The minimum absolute atomic E-state index is 0.0562. The fourth-order valence-electron chi connectivity index (χ4n) is 4.27. The van der Waals surface area contributed by atoms with Crippen LogP contribution in [-0.2, 0) is 15.7 Å². The van der Waals surface area contributed by atoms with Gasteiger partial charge in [-0.3, -0.25) is 14.5 Å². The number of carbonyl (C=O) groups excluding carboxylic acids is 2. The number of carbonyl (C=O) groups is 2. The van der Waals surface area contributed by atoms with E-state index in [9.17, 15) is 22.8 Å². The van der Waals surface area contributed by atoms with Crippen molar-refractivity contribution in [1.29, 1.82) is 0 Å². The van der Waals surface area contributed by atoms with Crippen LogP contribution in [0.25, 0.3) is 5.69 Å². The molecule has 0 atom stereocenters. The Balaban J connectivity index is 1.40. The standard InChI is InChI=1S/C24H30F3N5O3/c1-35-13-3-8-28-21(33)16-30-9-11-31(12-10-30)23(34)20-15-29-32(22(20)17-6-7-17)19-5-2-4-18(14-19)24(25,26)27/h2,4-5,14-15,17H,3,6-13,16H2,1H3,(H,28,33). The first kappa shape index (κ1) is 25.2. The largest absolute Gasteiger partial charge is 0.416 e. The number of hydrogen-bond acceptors (Lipinski definition) is 5. The van der Waals surface area contributed by atoms with Crippen LogP contribution in [0, 0.1) is 0 Å². The SMILES string of the molecule is COCCCNC(=O)CN1CCN(C(=O)c2cnn(-c3cccc(C(F)(F)F)c3)c2C2CC2)CC1. The number of hydrogen-bond donors (Lipinski definition) is 1. The molecule has 1 aromatic carbocycles. The maximum Gasteiger partial charge on any atom is 0.416 e. The van der Waals surface area contributed by atoms with E-state index in [0.717, 1.165) is 31.4 Å². The summed E-state index contributed by atoms with van der Waals surface area (Å²) in [7, 11) is 1.62. The summed E-state index contributed by atoms with van der Waals surface area (Å²) in [6.45, 7) is 3.49. The Morgan fingerprint density at radius 1 is 1.17 bits per heavy atom. The lowest BCUT2D eigenvalue weighted by molar-refractivity contribution is -0.137. The maximum absolute atomic E-state index is 13.3. The Kier molecular flexibility index (Phi) is 7.75. The van der Waals surface area contributed by atoms with Gasteiger partial charge in [-0.2, -0.15) is 18.3 Å². The van der Waals surface area contributed by atoms with Crippen LogP contribution in [0.3, 0.4) is 0 Å². The van der Waals surface area contributed by atoms with Gasteiger partial charge < -0.3 is 15.0 Å². The number of methoxy groups -OCH3 is 1. The predicted octanol–water partition coefficient (Wildman–Crippen LogP) is 2.68. The summed E-state index contributed by atoms with van der Waals surface area (Å²) in [6.07, 6.45) is -0.490. The van der Waals surface area contributed by atoms with Crippen molar-refractivity contribution in [2.75, 3.05) is 53.0 Å². The van der Waals surface area contributed by atoms with Crippen molar-refractivity contribution in [3.63, 3.8) is 0 Å². The van der Waals surface area contributed by atoms with Gasteiger partial charge in [0.1, 0.15) is 0 Å². The van der Waals surface area contributed by atoms with Gasteiger partial charge in [0.25, 0.3) is 5.91 Å². The Hall–Kier alpha value is -2.92. The van der Waals surface area contributed by atoms with Gasteiger partial charge in [-0.1, -0.05) is 6.07 Å². The number of rotatable bonds is 9. The van der Waals surface area contributed by atoms with E-state index in [2.05, 4.69) is 10.4 Å². The molecule has 2 heterocycles. The van der Waals surface area contributed by atoms with Crippen LogP contribution in [0.15, 0.2) is 30.5 Å². The molecule has 1 aliphatic carbocycles. The highest BCUT2D eigenvalue weighted by Crippen LogP contribution is 2.43. The molecule has 2 aromatic rings. The Morgan fingerprint density at radius 2 is 1.91 bits per heavy atom. The minimum atomic E-state index is -4.46. The van der Waals surface area contributed by atoms with Crippen molar-refractivity contribution in [2.45, 2.75) is 31.4 Å². The van der Waals surface area contributed by atoms with Crippen molar-refractivity contribution >= 4 is 11.8 Å². The lowest BCUT2D eigenvalue weighted by atomic mass is 10.1. The van der Waals surface area contributed by atoms with E-state index < -0.39 is 11.7 Å². The monoisotopic (exact) mass is 493 g/mol. The molecule has 1 saturated carbocycles. The topological polar surface area (TPSA) is 79.7 Å². The number of aromatic nitrogens is 2. The van der Waals surface area contributed by atoms with Crippen LogP contribution in [0.1, 0.15) is 46.8 Å². The molecule has 0 radical (unpaired) electrons. The summed E-state index contributed by atoms with van der Waals surface area (Å²) in [5.41, 5.74) is 0.655. The lowest BCUT2D eigenvalue weighted by Crippen LogP contribution is -2.51. The fourth-order valence-corrected chi connectivity index (χ4v) is 4.27. The number of ether oxygens (including phenoxy) is 1. The first-order valence-electron chi connectivity index (χ1n) is 11.8. The second-order valence-corrected chi connectivity index (χ2v) is 8.94. The molecule has 0 unspecified atom stereocenters. The summed E-state index contributed by atoms with van der Waals surface area (Å²) in [4.78, 5) is 29.2. The molecule has 11 heteroatoms. The van der Waals surface area contributed by atoms with Crippen molar-refractivity contribution in [3.8, 4) is 5.69 Å². The van der Waals surface area contributed by atoms with Crippen LogP contribution in [0.4, 0.5) is 13.2 Å². The number of alkyl halides is 3. The molecule has 0 spiro atoms. The molecule has 1 N–H and O–H groups in total. The van der Waals surface area contributed by atoms with Crippen LogP contribution in [-0.4, -0.2) is 84.4 Å². The van der Waals surface area contributed by atoms with Crippen molar-refractivity contribution in [3.05, 3.63) is 47.3 Å². The van der Waals surface area contributed by atoms with Crippen LogP contribution < -0.4 is 5.32 Å². The first-order chi connectivity index (χ1) is 16.8. The quantitative estimate of drug-likeness (QED) is 0.544. The molecule has 35 heavy (non-hydrogen) atoms. The zero-order chi connectivity index (χ0) is 25.0. The van der Waals surface area contributed by atoms with Gasteiger partial charge in [-0.15, -0.1) is 0 Å². The summed E-state index contributed by atoms with van der Waals surface area (Å²) in [6, 6.07) is 5.01. The fraction of sp³-hybridized carbons (Fsp3) is 0.542. The van der Waals surface area contributed by atoms with E-state index in [0.29, 0.717) is 56.3 Å². The third kappa shape index (κ3) is 6.21. The van der Waals surface area contributed by atoms with Gasteiger partial charge in [0.05, 0.1) is 35.2 Å². The Labute approximate surface area is 202 Å². The molecular weight excluding hydrogens is 463 g/mol. The van der Waals surface area contributed by atoms with Gasteiger partial charge >= 0.3 is 6.18 Å². The minimum Gasteiger partial charge on any atom is -0.385 e. The van der Waals surface area contributed by atoms with Crippen molar-refractivity contribution in [1.82, 2.24) is 24.9 Å². The normalized spacial score (nSPS) is 17.0. The van der Waals surface area contributed by atoms with Crippen LogP contribution >= 0.6 is 0 Å². The van der Waals surface area contributed by atoms with E-state index in [1.807, 2.05) is 4.90 Å². The van der Waals surface area contributed by atoms with Crippen molar-refractivity contribution < 1.29 is 27.5 Å². The average Bonchev–Trinajstić information content (AvgIpc) is 3.59. The third-order valence-corrected chi connectivity index (χ3v) is 6.29. The molecule has 1 aromatic heterocycles. The van der Waals surface area contributed by atoms with Gasteiger partial charge in [-0.05, 0) is 37.5 Å². The number of nitrogens with one attached hydrogen (secondary N) is 1. The highest BCUT2D eigenvalue weighted by molar-refractivity contribution is 5.95. The molecule has 1 aliphatic heterocycles. The molecule has 2 aliphatic rings. The molecular formula is C24H30F3N5O3. The first-order valence-corrected chi connectivity index (χ1v) is 11.8. The Bertz CT molecular complexity index is 1040. The van der Waals surface area contributed by atoms with Gasteiger partial charge in [0.2, 0.25) is 5.91 Å². The molecule has 190 valence electrons. The van der Waals surface area contributed by atoms with Gasteiger partial charge in [0, 0.05) is 52.4 Å². The number of benzene rings is 1. The van der Waals surface area contributed by atoms with Crippen molar-refractivity contribution in [2.24, 2.45) is 0 Å². The highest BCUT2D eigenvalue weighted by Gasteiger charge is 2.36. The van der Waals surface area contributed by atoms with Crippen LogP contribution in [0.2, 0.25) is 0 Å². The second-order valence-electron chi connectivity index (χ2n) is 8.94. The zero-order valence-electron chi connectivity index (χ0n) is 19.7. The zero-order valence-corrected chi connectivity index (χ0v) is 19.7. The Morgan fingerprint density at radius 3 is 2.57 bits per heavy atom. The number of nitrogens with zero attached hydrogens (tertiary/aromatic N) is 4. The number of halogens is 3. The molecule has 2 fully saturated rings. The average molecular weight is 494 g/mol. The summed E-state index contributed by atoms with van der Waals surface area (Å²) in [5.74, 6) is -0.123. The van der Waals surface area contributed by atoms with E-state index in [4.69, 9.17) is 4.74 Å². The lowest BCUT2D eigenvalue weighted by Gasteiger charge is -2.34. The number of amides is 2. The van der Waals surface area contributed by atoms with Gasteiger partial charge in [0.15, 0.2) is 0 Å². The van der Waals surface area contributed by atoms with Crippen LogP contribution in [0.5, 0.6) is 0 Å².